The molecule has 2 nitrogen and oxygen atoms in total. The second-order valence-corrected chi connectivity index (χ2v) is 5.37. The zero-order chi connectivity index (χ0) is 13.1. The number of aryl methyl sites for hydroxylation is 1. The van der Waals surface area contributed by atoms with E-state index in [0.717, 1.165) is 18.7 Å². The van der Waals surface area contributed by atoms with Gasteiger partial charge in [-0.1, -0.05) is 35.9 Å². The molecule has 3 rings (SSSR count). The second kappa shape index (κ2) is 5.54. The third-order valence-corrected chi connectivity index (χ3v) is 3.75. The van der Waals surface area contributed by atoms with Gasteiger partial charge in [0.15, 0.2) is 0 Å². The van der Waals surface area contributed by atoms with E-state index in [9.17, 15) is 0 Å². The van der Waals surface area contributed by atoms with Gasteiger partial charge in [-0.05, 0) is 44.0 Å². The fourth-order valence-electron chi connectivity index (χ4n) is 2.64. The molecule has 0 aliphatic carbocycles. The van der Waals surface area contributed by atoms with Gasteiger partial charge in [-0.15, -0.1) is 0 Å². The van der Waals surface area contributed by atoms with Crippen LogP contribution >= 0.6 is 0 Å². The molecule has 19 heavy (non-hydrogen) atoms. The number of hydrogen-bond donors (Lipinski definition) is 1. The highest BCUT2D eigenvalue weighted by Crippen LogP contribution is 2.21. The molecule has 2 heterocycles. The number of benzene rings is 1. The Morgan fingerprint density at radius 2 is 2.00 bits per heavy atom. The highest BCUT2D eigenvalue weighted by molar-refractivity contribution is 5.26. The van der Waals surface area contributed by atoms with Crippen molar-refractivity contribution in [3.63, 3.8) is 0 Å². The normalized spacial score (nSPS) is 18.7. The van der Waals surface area contributed by atoms with Gasteiger partial charge in [0.05, 0.1) is 5.69 Å². The van der Waals surface area contributed by atoms with Gasteiger partial charge in [-0.3, -0.25) is 4.98 Å². The summed E-state index contributed by atoms with van der Waals surface area (Å²) in [4.78, 5) is 4.81. The van der Waals surface area contributed by atoms with Crippen LogP contribution in [0.4, 0.5) is 0 Å². The predicted octanol–water partition coefficient (Wildman–Crippen LogP) is 3.41. The van der Waals surface area contributed by atoms with Gasteiger partial charge in [0, 0.05) is 18.2 Å². The Balaban J connectivity index is 1.77. The third-order valence-electron chi connectivity index (χ3n) is 3.75. The van der Waals surface area contributed by atoms with Gasteiger partial charge in [-0.2, -0.15) is 0 Å². The lowest BCUT2D eigenvalue weighted by Gasteiger charge is -2.11. The van der Waals surface area contributed by atoms with Crippen molar-refractivity contribution in [2.75, 3.05) is 6.54 Å². The minimum atomic E-state index is 0.456. The molecule has 1 aromatic carbocycles. The van der Waals surface area contributed by atoms with E-state index in [0.29, 0.717) is 6.04 Å². The second-order valence-electron chi connectivity index (χ2n) is 5.37. The Hall–Kier alpha value is -1.67. The fraction of sp³-hybridized carbons (Fsp3) is 0.353. The molecule has 1 atom stereocenters. The first-order valence-electron chi connectivity index (χ1n) is 7.06. The zero-order valence-electron chi connectivity index (χ0n) is 11.4. The lowest BCUT2D eigenvalue weighted by atomic mass is 10.1. The molecule has 0 bridgehead atoms. The van der Waals surface area contributed by atoms with Gasteiger partial charge >= 0.3 is 0 Å². The Labute approximate surface area is 114 Å². The number of nitrogens with zero attached hydrogens (tertiary/aromatic N) is 1. The number of rotatable bonds is 3. The minimum Gasteiger partial charge on any atom is -0.309 e. The van der Waals surface area contributed by atoms with Crippen molar-refractivity contribution in [1.29, 1.82) is 0 Å². The fourth-order valence-corrected chi connectivity index (χ4v) is 2.64. The number of aromatic nitrogens is 1. The largest absolute Gasteiger partial charge is 0.309 e. The van der Waals surface area contributed by atoms with E-state index < -0.39 is 0 Å². The van der Waals surface area contributed by atoms with Gasteiger partial charge < -0.3 is 5.32 Å². The molecule has 1 saturated heterocycles. The summed E-state index contributed by atoms with van der Waals surface area (Å²) in [5.41, 5.74) is 4.99. The standard InChI is InChI=1S/C17H20N2/c1-13-7-9-14(10-8-13)12-15-4-2-5-17(19-15)16-6-3-11-18-16/h2,4-5,7-10,16,18H,3,6,11-12H2,1H3. The molecule has 1 aromatic heterocycles. The summed E-state index contributed by atoms with van der Waals surface area (Å²) in [5.74, 6) is 0. The molecule has 2 aromatic rings. The summed E-state index contributed by atoms with van der Waals surface area (Å²) in [7, 11) is 0. The van der Waals surface area contributed by atoms with E-state index in [4.69, 9.17) is 4.98 Å². The molecule has 0 amide bonds. The van der Waals surface area contributed by atoms with E-state index in [1.807, 2.05) is 0 Å². The molecule has 0 radical (unpaired) electrons. The molecule has 0 spiro atoms. The molecule has 2 heteroatoms. The summed E-state index contributed by atoms with van der Waals surface area (Å²) >= 11 is 0. The van der Waals surface area contributed by atoms with Crippen molar-refractivity contribution in [2.24, 2.45) is 0 Å². The third kappa shape index (κ3) is 3.02. The molecule has 1 N–H and O–H groups in total. The van der Waals surface area contributed by atoms with Crippen LogP contribution in [0.1, 0.15) is 41.4 Å². The van der Waals surface area contributed by atoms with Crippen molar-refractivity contribution < 1.29 is 0 Å². The average Bonchev–Trinajstić information content (AvgIpc) is 2.96. The quantitative estimate of drug-likeness (QED) is 0.905. The SMILES string of the molecule is Cc1ccc(Cc2cccc(C3CCCN3)n2)cc1. The molecule has 1 aliphatic rings. The topological polar surface area (TPSA) is 24.9 Å². The number of hydrogen-bond acceptors (Lipinski definition) is 2. The van der Waals surface area contributed by atoms with E-state index in [1.165, 1.54) is 29.7 Å². The van der Waals surface area contributed by atoms with Gasteiger partial charge in [0.1, 0.15) is 0 Å². The Bertz CT molecular complexity index is 539. The molecular weight excluding hydrogens is 232 g/mol. The maximum Gasteiger partial charge on any atom is 0.0576 e. The van der Waals surface area contributed by atoms with Crippen LogP contribution in [0, 0.1) is 6.92 Å². The zero-order valence-corrected chi connectivity index (χ0v) is 11.4. The van der Waals surface area contributed by atoms with Crippen molar-refractivity contribution in [1.82, 2.24) is 10.3 Å². The molecule has 1 fully saturated rings. The Morgan fingerprint density at radius 3 is 2.74 bits per heavy atom. The van der Waals surface area contributed by atoms with Crippen LogP contribution in [0.2, 0.25) is 0 Å². The predicted molar refractivity (Wildman–Crippen MR) is 78.2 cm³/mol. The van der Waals surface area contributed by atoms with Gasteiger partial charge in [0.2, 0.25) is 0 Å². The first-order valence-corrected chi connectivity index (χ1v) is 7.06. The van der Waals surface area contributed by atoms with Gasteiger partial charge in [0.25, 0.3) is 0 Å². The van der Waals surface area contributed by atoms with Crippen molar-refractivity contribution in [3.8, 4) is 0 Å². The molecule has 1 unspecified atom stereocenters. The van der Waals surface area contributed by atoms with Crippen LogP contribution in [-0.2, 0) is 6.42 Å². The molecule has 98 valence electrons. The van der Waals surface area contributed by atoms with Crippen molar-refractivity contribution in [2.45, 2.75) is 32.2 Å². The van der Waals surface area contributed by atoms with E-state index in [2.05, 4.69) is 54.7 Å². The monoisotopic (exact) mass is 252 g/mol. The van der Waals surface area contributed by atoms with Crippen LogP contribution < -0.4 is 5.32 Å². The molecular formula is C17H20N2. The molecule has 0 saturated carbocycles. The van der Waals surface area contributed by atoms with E-state index in [1.54, 1.807) is 0 Å². The first-order chi connectivity index (χ1) is 9.31. The summed E-state index contributed by atoms with van der Waals surface area (Å²) in [5, 5.41) is 3.51. The molecule has 1 aliphatic heterocycles. The summed E-state index contributed by atoms with van der Waals surface area (Å²) in [6.07, 6.45) is 3.39. The van der Waals surface area contributed by atoms with Crippen LogP contribution in [0.25, 0.3) is 0 Å². The van der Waals surface area contributed by atoms with Crippen LogP contribution in [0.15, 0.2) is 42.5 Å². The number of pyridine rings is 1. The summed E-state index contributed by atoms with van der Waals surface area (Å²) < 4.78 is 0. The number of nitrogens with one attached hydrogen (secondary N) is 1. The smallest absolute Gasteiger partial charge is 0.0576 e. The van der Waals surface area contributed by atoms with Crippen molar-refractivity contribution in [3.05, 3.63) is 65.0 Å². The summed E-state index contributed by atoms with van der Waals surface area (Å²) in [6.45, 7) is 3.24. The first kappa shape index (κ1) is 12.4. The van der Waals surface area contributed by atoms with E-state index >= 15 is 0 Å². The average molecular weight is 252 g/mol. The maximum atomic E-state index is 4.81. The van der Waals surface area contributed by atoms with Gasteiger partial charge in [-0.25, -0.2) is 0 Å². The van der Waals surface area contributed by atoms with Crippen LogP contribution in [0.3, 0.4) is 0 Å². The Morgan fingerprint density at radius 1 is 1.16 bits per heavy atom. The Kier molecular flexibility index (Phi) is 3.60. The van der Waals surface area contributed by atoms with Crippen LogP contribution in [-0.4, -0.2) is 11.5 Å². The van der Waals surface area contributed by atoms with Crippen LogP contribution in [0.5, 0.6) is 0 Å². The minimum absolute atomic E-state index is 0.456. The maximum absolute atomic E-state index is 4.81. The highest BCUT2D eigenvalue weighted by atomic mass is 15.0. The van der Waals surface area contributed by atoms with Crippen molar-refractivity contribution >= 4 is 0 Å². The lowest BCUT2D eigenvalue weighted by Crippen LogP contribution is -2.14. The summed E-state index contributed by atoms with van der Waals surface area (Å²) in [6, 6.07) is 15.6. The lowest BCUT2D eigenvalue weighted by molar-refractivity contribution is 0.625. The van der Waals surface area contributed by atoms with E-state index in [-0.39, 0.29) is 0 Å². The highest BCUT2D eigenvalue weighted by Gasteiger charge is 2.17.